The van der Waals surface area contributed by atoms with Crippen LogP contribution < -0.4 is 11.2 Å². The van der Waals surface area contributed by atoms with Gasteiger partial charge in [-0.2, -0.15) is 0 Å². The second-order valence-electron chi connectivity index (χ2n) is 4.86. The van der Waals surface area contributed by atoms with Crippen LogP contribution in [0.1, 0.15) is 26.5 Å². The van der Waals surface area contributed by atoms with Crippen LogP contribution in [0.4, 0.5) is 0 Å². The first-order chi connectivity index (χ1) is 8.29. The molecule has 0 fully saturated rings. The Balaban J connectivity index is 2.61. The first kappa shape index (κ1) is 13.0. The van der Waals surface area contributed by atoms with E-state index in [4.69, 9.17) is 11.6 Å². The topological polar surface area (TPSA) is 67.8 Å². The summed E-state index contributed by atoms with van der Waals surface area (Å²) in [5.41, 5.74) is -0.359. The van der Waals surface area contributed by atoms with Crippen LogP contribution in [-0.4, -0.2) is 14.5 Å². The molecule has 2 heterocycles. The average Bonchev–Trinajstić information content (AvgIpc) is 2.64. The third kappa shape index (κ3) is 2.39. The summed E-state index contributed by atoms with van der Waals surface area (Å²) in [4.78, 5) is 30.1. The van der Waals surface area contributed by atoms with Crippen molar-refractivity contribution in [3.63, 3.8) is 0 Å². The van der Waals surface area contributed by atoms with Crippen molar-refractivity contribution in [3.05, 3.63) is 43.1 Å². The van der Waals surface area contributed by atoms with Gasteiger partial charge in [-0.15, -0.1) is 11.3 Å². The molecule has 2 aromatic heterocycles. The van der Waals surface area contributed by atoms with Crippen molar-refractivity contribution in [3.8, 4) is 5.13 Å². The molecular formula is C11H12ClN3O2S. The Labute approximate surface area is 112 Å². The molecule has 0 unspecified atom stereocenters. The van der Waals surface area contributed by atoms with Crippen molar-refractivity contribution in [2.24, 2.45) is 0 Å². The van der Waals surface area contributed by atoms with Crippen molar-refractivity contribution >= 4 is 22.9 Å². The monoisotopic (exact) mass is 285 g/mol. The van der Waals surface area contributed by atoms with E-state index in [9.17, 15) is 9.59 Å². The summed E-state index contributed by atoms with van der Waals surface area (Å²) in [6.45, 7) is 6.04. The van der Waals surface area contributed by atoms with E-state index in [2.05, 4.69) is 9.97 Å². The Bertz CT molecular complexity index is 662. The summed E-state index contributed by atoms with van der Waals surface area (Å²) in [6.07, 6.45) is 0. The van der Waals surface area contributed by atoms with E-state index >= 15 is 0 Å². The fraction of sp³-hybridized carbons (Fsp3) is 0.364. The van der Waals surface area contributed by atoms with Gasteiger partial charge >= 0.3 is 5.69 Å². The molecule has 0 radical (unpaired) electrons. The van der Waals surface area contributed by atoms with E-state index in [1.807, 2.05) is 26.2 Å². The number of hydrogen-bond acceptors (Lipinski definition) is 4. The van der Waals surface area contributed by atoms with Crippen LogP contribution in [0.2, 0.25) is 5.15 Å². The molecule has 96 valence electrons. The van der Waals surface area contributed by atoms with Gasteiger partial charge < -0.3 is 0 Å². The molecule has 2 rings (SSSR count). The van der Waals surface area contributed by atoms with Crippen LogP contribution in [0.15, 0.2) is 21.0 Å². The highest BCUT2D eigenvalue weighted by Crippen LogP contribution is 2.24. The highest BCUT2D eigenvalue weighted by Gasteiger charge is 2.19. The first-order valence-corrected chi connectivity index (χ1v) is 6.53. The van der Waals surface area contributed by atoms with Crippen molar-refractivity contribution < 1.29 is 0 Å². The summed E-state index contributed by atoms with van der Waals surface area (Å²) < 4.78 is 0.978. The van der Waals surface area contributed by atoms with E-state index in [0.29, 0.717) is 5.13 Å². The molecule has 0 saturated carbocycles. The van der Waals surface area contributed by atoms with Gasteiger partial charge in [0.1, 0.15) is 5.15 Å². The van der Waals surface area contributed by atoms with Crippen molar-refractivity contribution in [1.82, 2.24) is 14.5 Å². The second-order valence-corrected chi connectivity index (χ2v) is 6.11. The molecule has 0 aliphatic heterocycles. The highest BCUT2D eigenvalue weighted by molar-refractivity contribution is 7.12. The van der Waals surface area contributed by atoms with Crippen LogP contribution in [0.5, 0.6) is 0 Å². The molecule has 2 aromatic rings. The minimum Gasteiger partial charge on any atom is -0.297 e. The van der Waals surface area contributed by atoms with Gasteiger partial charge in [-0.1, -0.05) is 32.4 Å². The van der Waals surface area contributed by atoms with Gasteiger partial charge in [-0.3, -0.25) is 9.78 Å². The summed E-state index contributed by atoms with van der Waals surface area (Å²) in [5.74, 6) is 0. The molecule has 0 atom stereocenters. The zero-order valence-electron chi connectivity index (χ0n) is 10.2. The summed E-state index contributed by atoms with van der Waals surface area (Å²) in [6, 6.07) is 1.15. The minimum atomic E-state index is -0.581. The third-order valence-corrected chi connectivity index (χ3v) is 3.38. The second kappa shape index (κ2) is 4.37. The Morgan fingerprint density at radius 1 is 1.39 bits per heavy atom. The van der Waals surface area contributed by atoms with Crippen LogP contribution >= 0.6 is 22.9 Å². The third-order valence-electron chi connectivity index (χ3n) is 2.35. The van der Waals surface area contributed by atoms with Gasteiger partial charge in [0, 0.05) is 16.9 Å². The molecular weight excluding hydrogens is 274 g/mol. The minimum absolute atomic E-state index is 0.0221. The number of rotatable bonds is 1. The molecule has 0 aliphatic rings. The maximum absolute atomic E-state index is 11.7. The van der Waals surface area contributed by atoms with Gasteiger partial charge in [-0.25, -0.2) is 14.3 Å². The van der Waals surface area contributed by atoms with Gasteiger partial charge in [-0.05, 0) is 0 Å². The predicted octanol–water partition coefficient (Wildman–Crippen LogP) is 1.93. The number of nitrogens with zero attached hydrogens (tertiary/aromatic N) is 2. The first-order valence-electron chi connectivity index (χ1n) is 5.27. The molecule has 0 spiro atoms. The molecule has 18 heavy (non-hydrogen) atoms. The number of nitrogens with one attached hydrogen (secondary N) is 1. The van der Waals surface area contributed by atoms with Crippen molar-refractivity contribution in [2.45, 2.75) is 26.2 Å². The Kier molecular flexibility index (Phi) is 3.16. The zero-order chi connectivity index (χ0) is 13.5. The highest BCUT2D eigenvalue weighted by atomic mass is 35.5. The van der Waals surface area contributed by atoms with Gasteiger partial charge in [0.25, 0.3) is 5.56 Å². The molecule has 0 saturated heterocycles. The van der Waals surface area contributed by atoms with Gasteiger partial charge in [0.2, 0.25) is 5.13 Å². The fourth-order valence-corrected chi connectivity index (χ4v) is 2.59. The van der Waals surface area contributed by atoms with Crippen LogP contribution in [-0.2, 0) is 5.41 Å². The molecule has 5 nitrogen and oxygen atoms in total. The summed E-state index contributed by atoms with van der Waals surface area (Å²) in [7, 11) is 0. The lowest BCUT2D eigenvalue weighted by Gasteiger charge is -2.14. The Morgan fingerprint density at radius 3 is 2.56 bits per heavy atom. The van der Waals surface area contributed by atoms with Crippen LogP contribution in [0, 0.1) is 0 Å². The Hall–Kier alpha value is -1.40. The van der Waals surface area contributed by atoms with E-state index in [1.165, 1.54) is 11.3 Å². The maximum Gasteiger partial charge on any atom is 0.336 e. The van der Waals surface area contributed by atoms with E-state index < -0.39 is 11.2 Å². The predicted molar refractivity (Wildman–Crippen MR) is 72.0 cm³/mol. The van der Waals surface area contributed by atoms with Gasteiger partial charge in [0.15, 0.2) is 0 Å². The normalized spacial score (nSPS) is 11.8. The summed E-state index contributed by atoms with van der Waals surface area (Å²) in [5, 5.41) is 2.22. The van der Waals surface area contributed by atoms with Crippen molar-refractivity contribution in [1.29, 1.82) is 0 Å². The lowest BCUT2D eigenvalue weighted by Crippen LogP contribution is -2.33. The molecule has 0 aliphatic carbocycles. The quantitative estimate of drug-likeness (QED) is 0.814. The largest absolute Gasteiger partial charge is 0.336 e. The number of thiazole rings is 1. The number of H-pyrrole nitrogens is 1. The average molecular weight is 286 g/mol. The van der Waals surface area contributed by atoms with Crippen LogP contribution in [0.25, 0.3) is 5.13 Å². The standard InChI is InChI=1S/C11H12ClN3O2S/c1-11(2,3)6-5-18-10(13-6)15-8(16)4-7(12)14-9(15)17/h4-5H,1-3H3,(H,14,17). The van der Waals surface area contributed by atoms with E-state index in [0.717, 1.165) is 16.3 Å². The molecule has 7 heteroatoms. The maximum atomic E-state index is 11.7. The molecule has 1 N–H and O–H groups in total. The number of aromatic amines is 1. The smallest absolute Gasteiger partial charge is 0.297 e. The molecule has 0 amide bonds. The Morgan fingerprint density at radius 2 is 2.06 bits per heavy atom. The van der Waals surface area contributed by atoms with E-state index in [-0.39, 0.29) is 10.6 Å². The number of hydrogen-bond donors (Lipinski definition) is 1. The zero-order valence-corrected chi connectivity index (χ0v) is 11.7. The SMILES string of the molecule is CC(C)(C)c1csc(-n2c(=O)cc(Cl)[nH]c2=O)n1. The number of halogens is 1. The van der Waals surface area contributed by atoms with E-state index in [1.54, 1.807) is 0 Å². The lowest BCUT2D eigenvalue weighted by atomic mass is 9.93. The summed E-state index contributed by atoms with van der Waals surface area (Å²) >= 11 is 6.85. The van der Waals surface area contributed by atoms with Crippen molar-refractivity contribution in [2.75, 3.05) is 0 Å². The lowest BCUT2D eigenvalue weighted by molar-refractivity contribution is 0.571. The molecule has 0 bridgehead atoms. The van der Waals surface area contributed by atoms with Gasteiger partial charge in [0.05, 0.1) is 5.69 Å². The van der Waals surface area contributed by atoms with Crippen LogP contribution in [0.3, 0.4) is 0 Å². The number of aromatic nitrogens is 3. The fourth-order valence-electron chi connectivity index (χ4n) is 1.36. The molecule has 0 aromatic carbocycles.